The van der Waals surface area contributed by atoms with Crippen LogP contribution in [0.2, 0.25) is 0 Å². The molecule has 1 aromatic rings. The van der Waals surface area contributed by atoms with Gasteiger partial charge in [-0.25, -0.2) is 21.8 Å². The van der Waals surface area contributed by atoms with Crippen molar-refractivity contribution in [2.75, 3.05) is 16.2 Å². The lowest BCUT2D eigenvalue weighted by Crippen LogP contribution is -2.35. The van der Waals surface area contributed by atoms with Gasteiger partial charge in [-0.2, -0.15) is 3.71 Å². The second-order valence-electron chi connectivity index (χ2n) is 3.52. The Morgan fingerprint density at radius 2 is 1.65 bits per heavy atom. The number of aromatic nitrogens is 1. The van der Waals surface area contributed by atoms with Gasteiger partial charge in [-0.3, -0.25) is 0 Å². The highest BCUT2D eigenvalue weighted by Gasteiger charge is 2.28. The number of halogens is 1. The van der Waals surface area contributed by atoms with Crippen LogP contribution < -0.4 is 3.71 Å². The van der Waals surface area contributed by atoms with E-state index >= 15 is 0 Å². The molecule has 0 radical (unpaired) electrons. The summed E-state index contributed by atoms with van der Waals surface area (Å²) >= 11 is 3.07. The normalized spacial score (nSPS) is 12.5. The standard InChI is InChI=1S/C8H11BrN2O4S2/c1-6-5-10-8(9)4-7(6)11(16(2,12)13)17(3,14)15/h4-5H,1-3H3. The summed E-state index contributed by atoms with van der Waals surface area (Å²) in [5.74, 6) is 0. The first-order valence-corrected chi connectivity index (χ1v) is 8.85. The maximum Gasteiger partial charge on any atom is 0.245 e. The van der Waals surface area contributed by atoms with Gasteiger partial charge in [0.05, 0.1) is 18.2 Å². The predicted octanol–water partition coefficient (Wildman–Crippen LogP) is 0.878. The third-order valence-corrected chi connectivity index (χ3v) is 5.50. The van der Waals surface area contributed by atoms with Gasteiger partial charge in [-0.15, -0.1) is 0 Å². The molecule has 0 amide bonds. The molecule has 1 heterocycles. The van der Waals surface area contributed by atoms with Crippen LogP contribution in [0.5, 0.6) is 0 Å². The summed E-state index contributed by atoms with van der Waals surface area (Å²) in [6.45, 7) is 1.58. The minimum absolute atomic E-state index is 0.0666. The van der Waals surface area contributed by atoms with E-state index in [1.165, 1.54) is 12.3 Å². The summed E-state index contributed by atoms with van der Waals surface area (Å²) in [5.41, 5.74) is 0.515. The van der Waals surface area contributed by atoms with Gasteiger partial charge in [0.1, 0.15) is 4.60 Å². The van der Waals surface area contributed by atoms with Crippen LogP contribution in [0.15, 0.2) is 16.9 Å². The first-order valence-electron chi connectivity index (χ1n) is 4.36. The maximum absolute atomic E-state index is 11.6. The van der Waals surface area contributed by atoms with Gasteiger partial charge >= 0.3 is 0 Å². The van der Waals surface area contributed by atoms with Gasteiger partial charge < -0.3 is 0 Å². The van der Waals surface area contributed by atoms with E-state index < -0.39 is 20.0 Å². The molecule has 17 heavy (non-hydrogen) atoms. The largest absolute Gasteiger partial charge is 0.249 e. The third kappa shape index (κ3) is 3.39. The van der Waals surface area contributed by atoms with Gasteiger partial charge in [0.2, 0.25) is 20.0 Å². The number of hydrogen-bond donors (Lipinski definition) is 0. The summed E-state index contributed by atoms with van der Waals surface area (Å²) in [7, 11) is -7.84. The molecule has 0 bridgehead atoms. The van der Waals surface area contributed by atoms with Crippen LogP contribution in [-0.4, -0.2) is 34.3 Å². The van der Waals surface area contributed by atoms with Gasteiger partial charge in [-0.1, -0.05) is 0 Å². The number of hydrogen-bond acceptors (Lipinski definition) is 5. The Bertz CT molecular complexity index is 607. The lowest BCUT2D eigenvalue weighted by Gasteiger charge is -2.21. The lowest BCUT2D eigenvalue weighted by atomic mass is 10.3. The number of nitrogens with zero attached hydrogens (tertiary/aromatic N) is 2. The minimum Gasteiger partial charge on any atom is -0.249 e. The maximum atomic E-state index is 11.6. The van der Waals surface area contributed by atoms with Crippen LogP contribution in [0.25, 0.3) is 0 Å². The van der Waals surface area contributed by atoms with Crippen LogP contribution in [0, 0.1) is 6.92 Å². The van der Waals surface area contributed by atoms with Crippen molar-refractivity contribution < 1.29 is 16.8 Å². The first-order chi connectivity index (χ1) is 7.53. The summed E-state index contributed by atoms with van der Waals surface area (Å²) in [5, 5.41) is 0. The smallest absolute Gasteiger partial charge is 0.245 e. The Balaban J connectivity index is 3.61. The summed E-state index contributed by atoms with van der Waals surface area (Å²) in [6, 6.07) is 1.34. The summed E-state index contributed by atoms with van der Waals surface area (Å²) in [4.78, 5) is 3.89. The molecule has 0 aliphatic rings. The second-order valence-corrected chi connectivity index (χ2v) is 8.22. The quantitative estimate of drug-likeness (QED) is 0.761. The summed E-state index contributed by atoms with van der Waals surface area (Å²) in [6.07, 6.45) is 3.06. The van der Waals surface area contributed by atoms with Gasteiger partial charge in [-0.05, 0) is 34.5 Å². The Hall–Kier alpha value is -0.670. The zero-order valence-corrected chi connectivity index (χ0v) is 12.6. The van der Waals surface area contributed by atoms with Gasteiger partial charge in [0.15, 0.2) is 0 Å². The van der Waals surface area contributed by atoms with E-state index in [1.54, 1.807) is 6.92 Å². The molecule has 0 saturated carbocycles. The van der Waals surface area contributed by atoms with E-state index in [2.05, 4.69) is 20.9 Å². The fraction of sp³-hybridized carbons (Fsp3) is 0.375. The average molecular weight is 343 g/mol. The van der Waals surface area contributed by atoms with Crippen molar-refractivity contribution in [2.24, 2.45) is 0 Å². The molecule has 9 heteroatoms. The van der Waals surface area contributed by atoms with Crippen molar-refractivity contribution in [3.05, 3.63) is 22.4 Å². The fourth-order valence-electron chi connectivity index (χ4n) is 1.29. The molecule has 6 nitrogen and oxygen atoms in total. The average Bonchev–Trinajstić information content (AvgIpc) is 2.06. The van der Waals surface area contributed by atoms with Crippen molar-refractivity contribution >= 4 is 41.7 Å². The number of pyridine rings is 1. The lowest BCUT2D eigenvalue weighted by molar-refractivity contribution is 0.590. The Kier molecular flexibility index (Phi) is 3.84. The van der Waals surface area contributed by atoms with Crippen molar-refractivity contribution in [2.45, 2.75) is 6.92 Å². The highest BCUT2D eigenvalue weighted by atomic mass is 79.9. The van der Waals surface area contributed by atoms with Crippen molar-refractivity contribution in [1.29, 1.82) is 0 Å². The molecule has 0 fully saturated rings. The third-order valence-electron chi connectivity index (χ3n) is 1.84. The van der Waals surface area contributed by atoms with E-state index in [0.717, 1.165) is 12.5 Å². The zero-order chi connectivity index (χ0) is 13.4. The van der Waals surface area contributed by atoms with Crippen LogP contribution in [0.1, 0.15) is 5.56 Å². The van der Waals surface area contributed by atoms with Crippen LogP contribution in [-0.2, 0) is 20.0 Å². The van der Waals surface area contributed by atoms with E-state index in [1.807, 2.05) is 0 Å². The first kappa shape index (κ1) is 14.4. The molecule has 1 rings (SSSR count). The van der Waals surface area contributed by atoms with Crippen molar-refractivity contribution in [3.63, 3.8) is 0 Å². The Labute approximate surface area is 109 Å². The number of rotatable bonds is 3. The highest BCUT2D eigenvalue weighted by Crippen LogP contribution is 2.26. The summed E-state index contributed by atoms with van der Waals surface area (Å²) < 4.78 is 47.0. The second kappa shape index (κ2) is 4.54. The molecule has 0 aliphatic heterocycles. The molecule has 0 unspecified atom stereocenters. The Morgan fingerprint density at radius 1 is 1.18 bits per heavy atom. The van der Waals surface area contributed by atoms with Crippen molar-refractivity contribution in [3.8, 4) is 0 Å². The molecule has 0 atom stereocenters. The van der Waals surface area contributed by atoms with Crippen LogP contribution >= 0.6 is 15.9 Å². The molecular formula is C8H11BrN2O4S2. The molecule has 0 N–H and O–H groups in total. The van der Waals surface area contributed by atoms with Crippen LogP contribution in [0.3, 0.4) is 0 Å². The van der Waals surface area contributed by atoms with Gasteiger partial charge in [0.25, 0.3) is 0 Å². The van der Waals surface area contributed by atoms with Gasteiger partial charge in [0, 0.05) is 6.20 Å². The van der Waals surface area contributed by atoms with E-state index in [4.69, 9.17) is 0 Å². The zero-order valence-electron chi connectivity index (χ0n) is 9.38. The molecule has 96 valence electrons. The monoisotopic (exact) mass is 342 g/mol. The number of anilines is 1. The molecule has 0 saturated heterocycles. The van der Waals surface area contributed by atoms with Crippen molar-refractivity contribution in [1.82, 2.24) is 4.98 Å². The van der Waals surface area contributed by atoms with E-state index in [0.29, 0.717) is 13.9 Å². The molecule has 0 spiro atoms. The predicted molar refractivity (Wildman–Crippen MR) is 68.8 cm³/mol. The molecule has 0 aromatic carbocycles. The SMILES string of the molecule is Cc1cnc(Br)cc1N(S(C)(=O)=O)S(C)(=O)=O. The molecular weight excluding hydrogens is 332 g/mol. The minimum atomic E-state index is -3.92. The molecule has 1 aromatic heterocycles. The number of sulfonamides is 2. The molecule has 0 aliphatic carbocycles. The Morgan fingerprint density at radius 3 is 2.06 bits per heavy atom. The number of aryl methyl sites for hydroxylation is 1. The highest BCUT2D eigenvalue weighted by molar-refractivity contribution is 9.10. The van der Waals surface area contributed by atoms with Crippen LogP contribution in [0.4, 0.5) is 5.69 Å². The van der Waals surface area contributed by atoms with E-state index in [9.17, 15) is 16.8 Å². The van der Waals surface area contributed by atoms with E-state index in [-0.39, 0.29) is 5.69 Å². The topological polar surface area (TPSA) is 84.4 Å². The fourth-order valence-corrected chi connectivity index (χ4v) is 4.68.